The van der Waals surface area contributed by atoms with Crippen LogP contribution in [0.25, 0.3) is 5.95 Å². The third-order valence-corrected chi connectivity index (χ3v) is 2.76. The van der Waals surface area contributed by atoms with Gasteiger partial charge >= 0.3 is 0 Å². The fourth-order valence-corrected chi connectivity index (χ4v) is 1.91. The fraction of sp³-hybridized carbons (Fsp3) is 0.417. The molecule has 2 heterocycles. The number of methoxy groups -OCH3 is 1. The Balaban J connectivity index is 2.59. The van der Waals surface area contributed by atoms with E-state index in [0.29, 0.717) is 17.6 Å². The minimum Gasteiger partial charge on any atom is -0.481 e. The summed E-state index contributed by atoms with van der Waals surface area (Å²) in [6.07, 6.45) is 0.822. The van der Waals surface area contributed by atoms with Crippen LogP contribution in [0.2, 0.25) is 0 Å². The fourth-order valence-electron chi connectivity index (χ4n) is 1.91. The molecule has 0 spiro atoms. The van der Waals surface area contributed by atoms with Crippen molar-refractivity contribution >= 4 is 5.82 Å². The first-order chi connectivity index (χ1) is 8.56. The lowest BCUT2D eigenvalue weighted by molar-refractivity contribution is 0.389. The molecule has 6 heteroatoms. The molecule has 0 aromatic carbocycles. The van der Waals surface area contributed by atoms with Crippen molar-refractivity contribution in [2.75, 3.05) is 12.8 Å². The summed E-state index contributed by atoms with van der Waals surface area (Å²) in [5, 5.41) is 4.26. The van der Waals surface area contributed by atoms with Crippen molar-refractivity contribution < 1.29 is 4.74 Å². The predicted octanol–water partition coefficient (Wildman–Crippen LogP) is 1.43. The Kier molecular flexibility index (Phi) is 3.18. The van der Waals surface area contributed by atoms with Crippen LogP contribution in [0.5, 0.6) is 5.88 Å². The third kappa shape index (κ3) is 2.01. The van der Waals surface area contributed by atoms with Crippen LogP contribution in [0.4, 0.5) is 5.82 Å². The SMILES string of the molecule is CCc1c(C)nc(-n2nc(C)cc2N)nc1OC. The molecule has 0 radical (unpaired) electrons. The van der Waals surface area contributed by atoms with E-state index in [4.69, 9.17) is 10.5 Å². The lowest BCUT2D eigenvalue weighted by Gasteiger charge is -2.11. The predicted molar refractivity (Wildman–Crippen MR) is 69.0 cm³/mol. The molecular formula is C12H17N5O. The van der Waals surface area contributed by atoms with Gasteiger partial charge < -0.3 is 10.5 Å². The second-order valence-corrected chi connectivity index (χ2v) is 4.07. The van der Waals surface area contributed by atoms with Crippen molar-refractivity contribution in [2.45, 2.75) is 27.2 Å². The molecular weight excluding hydrogens is 230 g/mol. The van der Waals surface area contributed by atoms with E-state index in [-0.39, 0.29) is 0 Å². The maximum absolute atomic E-state index is 5.87. The zero-order valence-electron chi connectivity index (χ0n) is 11.1. The normalized spacial score (nSPS) is 10.7. The summed E-state index contributed by atoms with van der Waals surface area (Å²) < 4.78 is 6.81. The number of nitrogens with zero attached hydrogens (tertiary/aromatic N) is 4. The van der Waals surface area contributed by atoms with Crippen molar-refractivity contribution in [3.63, 3.8) is 0 Å². The maximum Gasteiger partial charge on any atom is 0.256 e. The summed E-state index contributed by atoms with van der Waals surface area (Å²) in [6, 6.07) is 1.78. The summed E-state index contributed by atoms with van der Waals surface area (Å²) in [6.45, 7) is 5.84. The Labute approximate surface area is 106 Å². The van der Waals surface area contributed by atoms with Gasteiger partial charge in [-0.25, -0.2) is 4.98 Å². The molecule has 0 fully saturated rings. The standard InChI is InChI=1S/C12H17N5O/c1-5-9-8(3)14-12(15-11(9)18-4)17-10(13)6-7(2)16-17/h6H,5,13H2,1-4H3. The molecule has 2 rings (SSSR count). The van der Waals surface area contributed by atoms with Gasteiger partial charge in [0.15, 0.2) is 0 Å². The number of anilines is 1. The Bertz CT molecular complexity index is 576. The molecule has 0 atom stereocenters. The van der Waals surface area contributed by atoms with E-state index in [1.807, 2.05) is 20.8 Å². The van der Waals surface area contributed by atoms with Crippen LogP contribution < -0.4 is 10.5 Å². The van der Waals surface area contributed by atoms with E-state index in [1.165, 1.54) is 4.68 Å². The highest BCUT2D eigenvalue weighted by Crippen LogP contribution is 2.21. The Hall–Kier alpha value is -2.11. The molecule has 96 valence electrons. The number of hydrogen-bond acceptors (Lipinski definition) is 5. The van der Waals surface area contributed by atoms with Crippen LogP contribution in [0, 0.1) is 13.8 Å². The Morgan fingerprint density at radius 2 is 2.06 bits per heavy atom. The Morgan fingerprint density at radius 1 is 1.33 bits per heavy atom. The average Bonchev–Trinajstić information content (AvgIpc) is 2.67. The number of rotatable bonds is 3. The molecule has 0 saturated carbocycles. The monoisotopic (exact) mass is 247 g/mol. The molecule has 2 aromatic rings. The largest absolute Gasteiger partial charge is 0.481 e. The molecule has 0 bridgehead atoms. The molecule has 0 saturated heterocycles. The van der Waals surface area contributed by atoms with Crippen LogP contribution in [0.1, 0.15) is 23.9 Å². The minimum atomic E-state index is 0.437. The summed E-state index contributed by atoms with van der Waals surface area (Å²) in [4.78, 5) is 8.78. The highest BCUT2D eigenvalue weighted by Gasteiger charge is 2.14. The molecule has 0 aliphatic carbocycles. The van der Waals surface area contributed by atoms with Gasteiger partial charge in [-0.2, -0.15) is 14.8 Å². The average molecular weight is 247 g/mol. The van der Waals surface area contributed by atoms with Crippen LogP contribution in [0.3, 0.4) is 0 Å². The summed E-state index contributed by atoms with van der Waals surface area (Å²) >= 11 is 0. The van der Waals surface area contributed by atoms with Gasteiger partial charge in [-0.3, -0.25) is 0 Å². The first-order valence-corrected chi connectivity index (χ1v) is 5.80. The van der Waals surface area contributed by atoms with E-state index in [0.717, 1.165) is 23.4 Å². The van der Waals surface area contributed by atoms with Gasteiger partial charge in [0.1, 0.15) is 5.82 Å². The van der Waals surface area contributed by atoms with Crippen LogP contribution in [-0.2, 0) is 6.42 Å². The zero-order chi connectivity index (χ0) is 13.3. The topological polar surface area (TPSA) is 78.9 Å². The van der Waals surface area contributed by atoms with E-state index in [1.54, 1.807) is 13.2 Å². The minimum absolute atomic E-state index is 0.437. The van der Waals surface area contributed by atoms with Crippen molar-refractivity contribution in [1.82, 2.24) is 19.7 Å². The van der Waals surface area contributed by atoms with Gasteiger partial charge in [-0.1, -0.05) is 6.92 Å². The van der Waals surface area contributed by atoms with Gasteiger partial charge in [0.25, 0.3) is 5.95 Å². The first-order valence-electron chi connectivity index (χ1n) is 5.80. The van der Waals surface area contributed by atoms with Crippen LogP contribution >= 0.6 is 0 Å². The van der Waals surface area contributed by atoms with E-state index in [9.17, 15) is 0 Å². The van der Waals surface area contributed by atoms with Gasteiger partial charge in [0.05, 0.1) is 12.8 Å². The molecule has 0 amide bonds. The number of nitrogen functional groups attached to an aromatic ring is 1. The summed E-state index contributed by atoms with van der Waals surface area (Å²) in [5.74, 6) is 1.53. The molecule has 6 nitrogen and oxygen atoms in total. The van der Waals surface area contributed by atoms with E-state index in [2.05, 4.69) is 15.1 Å². The lowest BCUT2D eigenvalue weighted by Crippen LogP contribution is -2.10. The molecule has 0 aliphatic heterocycles. The molecule has 18 heavy (non-hydrogen) atoms. The number of aromatic nitrogens is 4. The van der Waals surface area contributed by atoms with Crippen molar-refractivity contribution in [2.24, 2.45) is 0 Å². The zero-order valence-corrected chi connectivity index (χ0v) is 11.1. The molecule has 2 N–H and O–H groups in total. The Morgan fingerprint density at radius 3 is 2.56 bits per heavy atom. The van der Waals surface area contributed by atoms with Crippen LogP contribution in [-0.4, -0.2) is 26.9 Å². The lowest BCUT2D eigenvalue weighted by atomic mass is 10.2. The smallest absolute Gasteiger partial charge is 0.256 e. The number of hydrogen-bond donors (Lipinski definition) is 1. The number of nitrogens with two attached hydrogens (primary N) is 1. The molecule has 2 aromatic heterocycles. The van der Waals surface area contributed by atoms with Gasteiger partial charge in [-0.15, -0.1) is 0 Å². The van der Waals surface area contributed by atoms with Gasteiger partial charge in [0, 0.05) is 17.3 Å². The van der Waals surface area contributed by atoms with Crippen molar-refractivity contribution in [1.29, 1.82) is 0 Å². The van der Waals surface area contributed by atoms with Gasteiger partial charge in [-0.05, 0) is 20.3 Å². The van der Waals surface area contributed by atoms with E-state index >= 15 is 0 Å². The molecule has 0 aliphatic rings. The first kappa shape index (κ1) is 12.3. The summed E-state index contributed by atoms with van der Waals surface area (Å²) in [5.41, 5.74) is 8.58. The van der Waals surface area contributed by atoms with Crippen molar-refractivity contribution in [3.05, 3.63) is 23.0 Å². The highest BCUT2D eigenvalue weighted by atomic mass is 16.5. The molecule has 0 unspecified atom stereocenters. The quantitative estimate of drug-likeness (QED) is 0.887. The summed E-state index contributed by atoms with van der Waals surface area (Å²) in [7, 11) is 1.60. The third-order valence-electron chi connectivity index (χ3n) is 2.76. The van der Waals surface area contributed by atoms with Gasteiger partial charge in [0.2, 0.25) is 5.88 Å². The second-order valence-electron chi connectivity index (χ2n) is 4.07. The van der Waals surface area contributed by atoms with Crippen molar-refractivity contribution in [3.8, 4) is 11.8 Å². The number of aryl methyl sites for hydroxylation is 2. The highest BCUT2D eigenvalue weighted by molar-refractivity contribution is 5.40. The maximum atomic E-state index is 5.87. The number of ether oxygens (including phenoxy) is 1. The second kappa shape index (κ2) is 4.64. The van der Waals surface area contributed by atoms with E-state index < -0.39 is 0 Å². The van der Waals surface area contributed by atoms with Crippen LogP contribution in [0.15, 0.2) is 6.07 Å².